The number of methoxy groups -OCH3 is 2. The monoisotopic (exact) mass is 259 g/mol. The van der Waals surface area contributed by atoms with E-state index in [1.54, 1.807) is 0 Å². The highest BCUT2D eigenvalue weighted by molar-refractivity contribution is 5.79. The van der Waals surface area contributed by atoms with Crippen LogP contribution in [0.4, 0.5) is 0 Å². The van der Waals surface area contributed by atoms with Crippen LogP contribution < -0.4 is 0 Å². The summed E-state index contributed by atoms with van der Waals surface area (Å²) in [5.41, 5.74) is 0. The van der Waals surface area contributed by atoms with Crippen LogP contribution in [0.25, 0.3) is 0 Å². The van der Waals surface area contributed by atoms with Crippen LogP contribution in [0.15, 0.2) is 0 Å². The van der Waals surface area contributed by atoms with Crippen molar-refractivity contribution in [3.05, 3.63) is 0 Å². The van der Waals surface area contributed by atoms with Gasteiger partial charge in [-0.05, 0) is 20.9 Å². The third kappa shape index (κ3) is 2.35. The van der Waals surface area contributed by atoms with Crippen molar-refractivity contribution in [2.45, 2.75) is 32.0 Å². The molecule has 1 aliphatic heterocycles. The highest BCUT2D eigenvalue weighted by Crippen LogP contribution is 2.33. The number of likely N-dealkylation sites (tertiary alicyclic amines) is 1. The van der Waals surface area contributed by atoms with Crippen LogP contribution >= 0.6 is 0 Å². The van der Waals surface area contributed by atoms with Gasteiger partial charge in [0, 0.05) is 12.1 Å². The fourth-order valence-electron chi connectivity index (χ4n) is 2.62. The molecule has 104 valence electrons. The molecule has 1 aliphatic rings. The molecule has 0 bridgehead atoms. The molecule has 18 heavy (non-hydrogen) atoms. The summed E-state index contributed by atoms with van der Waals surface area (Å²) in [6, 6.07) is -0.410. The molecule has 1 rings (SSSR count). The zero-order valence-electron chi connectivity index (χ0n) is 11.4. The average molecular weight is 259 g/mol. The molecule has 1 unspecified atom stereocenters. The molecule has 1 saturated heterocycles. The number of ether oxygens (including phenoxy) is 2. The second-order valence-electron chi connectivity index (χ2n) is 4.74. The first-order valence-electron chi connectivity index (χ1n) is 5.92. The summed E-state index contributed by atoms with van der Waals surface area (Å²) in [6.45, 7) is 3.66. The van der Waals surface area contributed by atoms with Crippen LogP contribution in [0.2, 0.25) is 0 Å². The molecule has 0 aromatic carbocycles. The SMILES string of the molecule is COC(=O)[C@@H]1C(O)[C@H](C(=O)OC)[C@H](C)N(C)[C@H]1C. The van der Waals surface area contributed by atoms with E-state index in [0.29, 0.717) is 0 Å². The molecule has 0 aliphatic carbocycles. The Labute approximate surface area is 107 Å². The van der Waals surface area contributed by atoms with E-state index in [1.807, 2.05) is 25.8 Å². The highest BCUT2D eigenvalue weighted by atomic mass is 16.5. The summed E-state index contributed by atoms with van der Waals surface area (Å²) in [7, 11) is 4.35. The third-order valence-corrected chi connectivity index (χ3v) is 4.01. The van der Waals surface area contributed by atoms with Gasteiger partial charge in [0.15, 0.2) is 0 Å². The van der Waals surface area contributed by atoms with Crippen molar-refractivity contribution in [1.29, 1.82) is 0 Å². The minimum absolute atomic E-state index is 0.205. The number of piperidine rings is 1. The summed E-state index contributed by atoms with van der Waals surface area (Å²) >= 11 is 0. The Balaban J connectivity index is 3.07. The lowest BCUT2D eigenvalue weighted by Gasteiger charge is -2.46. The van der Waals surface area contributed by atoms with Crippen LogP contribution in [0.1, 0.15) is 13.8 Å². The fraction of sp³-hybridized carbons (Fsp3) is 0.833. The van der Waals surface area contributed by atoms with E-state index >= 15 is 0 Å². The van der Waals surface area contributed by atoms with Gasteiger partial charge in [0.05, 0.1) is 32.2 Å². The molecular weight excluding hydrogens is 238 g/mol. The van der Waals surface area contributed by atoms with E-state index in [9.17, 15) is 14.7 Å². The smallest absolute Gasteiger partial charge is 0.312 e. The summed E-state index contributed by atoms with van der Waals surface area (Å²) in [6.07, 6.45) is -1.09. The van der Waals surface area contributed by atoms with Crippen molar-refractivity contribution >= 4 is 11.9 Å². The summed E-state index contributed by atoms with van der Waals surface area (Å²) < 4.78 is 9.40. The fourth-order valence-corrected chi connectivity index (χ4v) is 2.62. The van der Waals surface area contributed by atoms with Gasteiger partial charge in [-0.2, -0.15) is 0 Å². The number of carbonyl (C=O) groups excluding carboxylic acids is 2. The van der Waals surface area contributed by atoms with Gasteiger partial charge >= 0.3 is 11.9 Å². The molecular formula is C12H21NO5. The van der Waals surface area contributed by atoms with Crippen molar-refractivity contribution in [3.8, 4) is 0 Å². The van der Waals surface area contributed by atoms with Crippen molar-refractivity contribution in [2.75, 3.05) is 21.3 Å². The van der Waals surface area contributed by atoms with Crippen LogP contribution in [0.3, 0.4) is 0 Å². The zero-order chi connectivity index (χ0) is 14.0. The molecule has 0 aromatic heterocycles. The normalized spacial score (nSPS) is 37.1. The first-order chi connectivity index (χ1) is 8.36. The van der Waals surface area contributed by atoms with Crippen LogP contribution in [-0.4, -0.2) is 61.4 Å². The van der Waals surface area contributed by atoms with Gasteiger partial charge in [0.25, 0.3) is 0 Å². The first-order valence-corrected chi connectivity index (χ1v) is 5.92. The van der Waals surface area contributed by atoms with E-state index in [1.165, 1.54) is 14.2 Å². The Hall–Kier alpha value is -1.14. The molecule has 1 fully saturated rings. The highest BCUT2D eigenvalue weighted by Gasteiger charge is 2.50. The summed E-state index contributed by atoms with van der Waals surface area (Å²) in [4.78, 5) is 25.4. The van der Waals surface area contributed by atoms with Gasteiger partial charge in [0.1, 0.15) is 0 Å². The Bertz CT molecular complexity index is 302. The molecule has 0 saturated carbocycles. The van der Waals surface area contributed by atoms with Gasteiger partial charge < -0.3 is 14.6 Å². The Morgan fingerprint density at radius 3 is 1.61 bits per heavy atom. The number of carbonyl (C=O) groups is 2. The van der Waals surface area contributed by atoms with Gasteiger partial charge in [-0.3, -0.25) is 14.5 Å². The molecule has 1 heterocycles. The van der Waals surface area contributed by atoms with E-state index in [2.05, 4.69) is 0 Å². The predicted molar refractivity (Wildman–Crippen MR) is 63.7 cm³/mol. The average Bonchev–Trinajstić information content (AvgIpc) is 2.35. The molecule has 0 amide bonds. The number of hydrogen-bond donors (Lipinski definition) is 1. The summed E-state index contributed by atoms with van der Waals surface area (Å²) in [5, 5.41) is 10.3. The largest absolute Gasteiger partial charge is 0.469 e. The van der Waals surface area contributed by atoms with Crippen LogP contribution in [0.5, 0.6) is 0 Å². The number of esters is 2. The maximum atomic E-state index is 11.7. The first kappa shape index (κ1) is 14.9. The maximum Gasteiger partial charge on any atom is 0.312 e. The lowest BCUT2D eigenvalue weighted by molar-refractivity contribution is -0.173. The predicted octanol–water partition coefficient (Wildman–Crippen LogP) is -0.352. The maximum absolute atomic E-state index is 11.7. The van der Waals surface area contributed by atoms with Crippen molar-refractivity contribution < 1.29 is 24.2 Å². The number of aliphatic hydroxyl groups is 1. The molecule has 0 radical (unpaired) electrons. The van der Waals surface area contributed by atoms with E-state index in [-0.39, 0.29) is 12.1 Å². The van der Waals surface area contributed by atoms with Gasteiger partial charge in [-0.25, -0.2) is 0 Å². The minimum atomic E-state index is -1.09. The second kappa shape index (κ2) is 5.67. The lowest BCUT2D eigenvalue weighted by Crippen LogP contribution is -2.62. The Morgan fingerprint density at radius 1 is 1.00 bits per heavy atom. The van der Waals surface area contributed by atoms with E-state index in [4.69, 9.17) is 9.47 Å². The van der Waals surface area contributed by atoms with Gasteiger partial charge in [-0.15, -0.1) is 0 Å². The quantitative estimate of drug-likeness (QED) is 0.683. The molecule has 0 aromatic rings. The molecule has 6 heteroatoms. The van der Waals surface area contributed by atoms with E-state index in [0.717, 1.165) is 0 Å². The number of hydrogen-bond acceptors (Lipinski definition) is 6. The molecule has 5 atom stereocenters. The topological polar surface area (TPSA) is 76.1 Å². The van der Waals surface area contributed by atoms with E-state index < -0.39 is 29.9 Å². The second-order valence-corrected chi connectivity index (χ2v) is 4.74. The van der Waals surface area contributed by atoms with Crippen molar-refractivity contribution in [1.82, 2.24) is 4.90 Å². The van der Waals surface area contributed by atoms with Crippen LogP contribution in [0, 0.1) is 11.8 Å². The molecule has 6 nitrogen and oxygen atoms in total. The zero-order valence-corrected chi connectivity index (χ0v) is 11.4. The Kier molecular flexibility index (Phi) is 4.70. The number of nitrogens with zero attached hydrogens (tertiary/aromatic N) is 1. The summed E-state index contributed by atoms with van der Waals surface area (Å²) in [5.74, 6) is -2.52. The third-order valence-electron chi connectivity index (χ3n) is 4.01. The molecule has 0 spiro atoms. The van der Waals surface area contributed by atoms with Crippen molar-refractivity contribution in [3.63, 3.8) is 0 Å². The van der Waals surface area contributed by atoms with Gasteiger partial charge in [0.2, 0.25) is 0 Å². The lowest BCUT2D eigenvalue weighted by atomic mass is 9.77. The Morgan fingerprint density at radius 2 is 1.33 bits per heavy atom. The number of aliphatic hydroxyl groups excluding tert-OH is 1. The standard InChI is InChI=1S/C12H21NO5/c1-6-8(11(15)17-4)10(14)9(12(16)18-5)7(2)13(6)3/h6-10,14H,1-5H3/t6-,7-,8-,9+,10?/m0/s1. The number of rotatable bonds is 2. The minimum Gasteiger partial charge on any atom is -0.469 e. The molecule has 1 N–H and O–H groups in total. The van der Waals surface area contributed by atoms with Crippen LogP contribution in [-0.2, 0) is 19.1 Å². The van der Waals surface area contributed by atoms with Crippen molar-refractivity contribution in [2.24, 2.45) is 11.8 Å². The van der Waals surface area contributed by atoms with Gasteiger partial charge in [-0.1, -0.05) is 0 Å².